The number of carbonyl (C=O) groups is 1. The summed E-state index contributed by atoms with van der Waals surface area (Å²) in [5.74, 6) is -0.498. The topological polar surface area (TPSA) is 107 Å². The minimum absolute atomic E-state index is 0.0180. The number of hydrogen-bond donors (Lipinski definition) is 2. The van der Waals surface area contributed by atoms with Crippen LogP contribution in [-0.2, 0) is 4.74 Å². The summed E-state index contributed by atoms with van der Waals surface area (Å²) >= 11 is 0. The summed E-state index contributed by atoms with van der Waals surface area (Å²) in [6, 6.07) is 4.31. The Kier molecular flexibility index (Phi) is 7.17. The Labute approximate surface area is 123 Å². The van der Waals surface area contributed by atoms with Gasteiger partial charge in [0.05, 0.1) is 4.92 Å². The zero-order chi connectivity index (χ0) is 15.7. The Balaban J connectivity index is 2.46. The second-order valence-corrected chi connectivity index (χ2v) is 4.58. The lowest BCUT2D eigenvalue weighted by Gasteiger charge is -2.07. The van der Waals surface area contributed by atoms with Crippen LogP contribution >= 0.6 is 0 Å². The van der Waals surface area contributed by atoms with Gasteiger partial charge in [0, 0.05) is 19.8 Å². The molecule has 0 heterocycles. The number of nitrogen functional groups attached to an aromatic ring is 1. The molecule has 7 heteroatoms. The fraction of sp³-hybridized carbons (Fsp3) is 0.500. The molecule has 0 aliphatic carbocycles. The molecule has 1 rings (SSSR count). The molecule has 1 amide bonds. The average Bonchev–Trinajstić information content (AvgIpc) is 2.45. The second kappa shape index (κ2) is 8.91. The number of anilines is 1. The average molecular weight is 295 g/mol. The number of nitrogens with one attached hydrogen (secondary N) is 1. The SMILES string of the molecule is CCCCOCCCNC(=O)c1cccc(N)c1[N+](=O)[O-]. The van der Waals surface area contributed by atoms with Crippen LogP contribution in [0, 0.1) is 10.1 Å². The van der Waals surface area contributed by atoms with Crippen LogP contribution in [0.3, 0.4) is 0 Å². The van der Waals surface area contributed by atoms with E-state index in [1.807, 2.05) is 0 Å². The zero-order valence-corrected chi connectivity index (χ0v) is 12.1. The minimum atomic E-state index is -0.641. The van der Waals surface area contributed by atoms with Gasteiger partial charge in [0.25, 0.3) is 5.91 Å². The van der Waals surface area contributed by atoms with Gasteiger partial charge >= 0.3 is 5.69 Å². The van der Waals surface area contributed by atoms with E-state index in [-0.39, 0.29) is 16.9 Å². The predicted octanol–water partition coefficient (Wildman–Crippen LogP) is 2.11. The summed E-state index contributed by atoms with van der Waals surface area (Å²) in [5, 5.41) is 13.6. The number of rotatable bonds is 9. The summed E-state index contributed by atoms with van der Waals surface area (Å²) in [6.07, 6.45) is 2.75. The predicted molar refractivity (Wildman–Crippen MR) is 80.2 cm³/mol. The monoisotopic (exact) mass is 295 g/mol. The van der Waals surface area contributed by atoms with Crippen LogP contribution in [0.1, 0.15) is 36.5 Å². The molecule has 0 saturated heterocycles. The third-order valence-electron chi connectivity index (χ3n) is 2.89. The van der Waals surface area contributed by atoms with Gasteiger partial charge < -0.3 is 15.8 Å². The van der Waals surface area contributed by atoms with Gasteiger partial charge in [-0.25, -0.2) is 0 Å². The van der Waals surface area contributed by atoms with E-state index < -0.39 is 10.8 Å². The van der Waals surface area contributed by atoms with Crippen LogP contribution in [0.15, 0.2) is 18.2 Å². The molecular formula is C14H21N3O4. The highest BCUT2D eigenvalue weighted by atomic mass is 16.6. The molecule has 21 heavy (non-hydrogen) atoms. The van der Waals surface area contributed by atoms with Gasteiger partial charge in [-0.05, 0) is 25.0 Å². The molecule has 1 aromatic rings. The molecule has 116 valence electrons. The van der Waals surface area contributed by atoms with Crippen molar-refractivity contribution in [2.45, 2.75) is 26.2 Å². The number of nitro groups is 1. The van der Waals surface area contributed by atoms with E-state index >= 15 is 0 Å². The van der Waals surface area contributed by atoms with Gasteiger partial charge in [-0.3, -0.25) is 14.9 Å². The van der Waals surface area contributed by atoms with E-state index in [4.69, 9.17) is 10.5 Å². The van der Waals surface area contributed by atoms with Crippen molar-refractivity contribution in [1.82, 2.24) is 5.32 Å². The maximum Gasteiger partial charge on any atom is 0.304 e. The number of ether oxygens (including phenoxy) is 1. The van der Waals surface area contributed by atoms with Crippen LogP contribution in [-0.4, -0.2) is 30.6 Å². The number of unbranched alkanes of at least 4 members (excludes halogenated alkanes) is 1. The lowest BCUT2D eigenvalue weighted by atomic mass is 10.1. The van der Waals surface area contributed by atoms with Crippen molar-refractivity contribution in [2.24, 2.45) is 0 Å². The van der Waals surface area contributed by atoms with Gasteiger partial charge in [-0.2, -0.15) is 0 Å². The number of carbonyl (C=O) groups excluding carboxylic acids is 1. The first kappa shape index (κ1) is 16.9. The van der Waals surface area contributed by atoms with E-state index in [0.29, 0.717) is 26.2 Å². The molecular weight excluding hydrogens is 274 g/mol. The van der Waals surface area contributed by atoms with E-state index in [1.165, 1.54) is 18.2 Å². The molecule has 0 aliphatic rings. The summed E-state index contributed by atoms with van der Waals surface area (Å²) in [7, 11) is 0. The van der Waals surface area contributed by atoms with E-state index in [9.17, 15) is 14.9 Å². The summed E-state index contributed by atoms with van der Waals surface area (Å²) < 4.78 is 5.36. The van der Waals surface area contributed by atoms with Gasteiger partial charge in [-0.15, -0.1) is 0 Å². The standard InChI is InChI=1S/C14H21N3O4/c1-2-3-9-21-10-5-8-16-14(18)11-6-4-7-12(15)13(11)17(19)20/h4,6-7H,2-3,5,8-10,15H2,1H3,(H,16,18). The van der Waals surface area contributed by atoms with Crippen LogP contribution in [0.2, 0.25) is 0 Å². The van der Waals surface area contributed by atoms with Crippen molar-refractivity contribution >= 4 is 17.3 Å². The molecule has 0 saturated carbocycles. The molecule has 0 spiro atoms. The third-order valence-corrected chi connectivity index (χ3v) is 2.89. The first-order valence-electron chi connectivity index (χ1n) is 6.96. The van der Waals surface area contributed by atoms with E-state index in [0.717, 1.165) is 12.8 Å². The number of nitrogens with two attached hydrogens (primary N) is 1. The zero-order valence-electron chi connectivity index (χ0n) is 12.1. The molecule has 0 aliphatic heterocycles. The summed E-state index contributed by atoms with van der Waals surface area (Å²) in [5.41, 5.74) is 5.15. The third kappa shape index (κ3) is 5.39. The van der Waals surface area contributed by atoms with Gasteiger partial charge in [-0.1, -0.05) is 19.4 Å². The highest BCUT2D eigenvalue weighted by Gasteiger charge is 2.22. The second-order valence-electron chi connectivity index (χ2n) is 4.58. The smallest absolute Gasteiger partial charge is 0.304 e. The van der Waals surface area contributed by atoms with Crippen molar-refractivity contribution in [3.63, 3.8) is 0 Å². The first-order chi connectivity index (χ1) is 10.1. The van der Waals surface area contributed by atoms with Gasteiger partial charge in [0.1, 0.15) is 11.3 Å². The Morgan fingerprint density at radius 1 is 1.38 bits per heavy atom. The number of nitrogens with zero attached hydrogens (tertiary/aromatic N) is 1. The molecule has 0 atom stereocenters. The van der Waals surface area contributed by atoms with Crippen molar-refractivity contribution in [2.75, 3.05) is 25.5 Å². The lowest BCUT2D eigenvalue weighted by Crippen LogP contribution is -2.26. The summed E-state index contributed by atoms with van der Waals surface area (Å²) in [4.78, 5) is 22.3. The van der Waals surface area contributed by atoms with Crippen LogP contribution < -0.4 is 11.1 Å². The Bertz CT molecular complexity index is 491. The minimum Gasteiger partial charge on any atom is -0.393 e. The lowest BCUT2D eigenvalue weighted by molar-refractivity contribution is -0.384. The first-order valence-corrected chi connectivity index (χ1v) is 6.96. The highest BCUT2D eigenvalue weighted by Crippen LogP contribution is 2.25. The maximum atomic E-state index is 11.9. The number of hydrogen-bond acceptors (Lipinski definition) is 5. The molecule has 7 nitrogen and oxygen atoms in total. The van der Waals surface area contributed by atoms with Crippen molar-refractivity contribution in [3.8, 4) is 0 Å². The quantitative estimate of drug-likeness (QED) is 0.314. The normalized spacial score (nSPS) is 10.3. The van der Waals surface area contributed by atoms with E-state index in [1.54, 1.807) is 0 Å². The number of benzene rings is 1. The largest absolute Gasteiger partial charge is 0.393 e. The van der Waals surface area contributed by atoms with E-state index in [2.05, 4.69) is 12.2 Å². The molecule has 3 N–H and O–H groups in total. The number of para-hydroxylation sites is 1. The van der Waals surface area contributed by atoms with Crippen LogP contribution in [0.25, 0.3) is 0 Å². The fourth-order valence-corrected chi connectivity index (χ4v) is 1.77. The molecule has 0 bridgehead atoms. The van der Waals surface area contributed by atoms with Crippen LogP contribution in [0.4, 0.5) is 11.4 Å². The van der Waals surface area contributed by atoms with Crippen molar-refractivity contribution < 1.29 is 14.5 Å². The Morgan fingerprint density at radius 2 is 2.10 bits per heavy atom. The molecule has 0 aromatic heterocycles. The molecule has 0 radical (unpaired) electrons. The summed E-state index contributed by atoms with van der Waals surface area (Å²) in [6.45, 7) is 3.75. The van der Waals surface area contributed by atoms with Gasteiger partial charge in [0.2, 0.25) is 0 Å². The van der Waals surface area contributed by atoms with Gasteiger partial charge in [0.15, 0.2) is 0 Å². The van der Waals surface area contributed by atoms with Crippen molar-refractivity contribution in [3.05, 3.63) is 33.9 Å². The molecule has 0 fully saturated rings. The maximum absolute atomic E-state index is 11.9. The fourth-order valence-electron chi connectivity index (χ4n) is 1.77. The van der Waals surface area contributed by atoms with Crippen molar-refractivity contribution in [1.29, 1.82) is 0 Å². The number of nitro benzene ring substituents is 1. The molecule has 1 aromatic carbocycles. The Hall–Kier alpha value is -2.15. The number of amides is 1. The van der Waals surface area contributed by atoms with Crippen LogP contribution in [0.5, 0.6) is 0 Å². The Morgan fingerprint density at radius 3 is 2.76 bits per heavy atom. The molecule has 0 unspecified atom stereocenters. The highest BCUT2D eigenvalue weighted by molar-refractivity contribution is 6.00.